The Morgan fingerprint density at radius 1 is 1.28 bits per heavy atom. The Morgan fingerprint density at radius 3 is 2.62 bits per heavy atom. The summed E-state index contributed by atoms with van der Waals surface area (Å²) in [4.78, 5) is 53.3. The van der Waals surface area contributed by atoms with Gasteiger partial charge in [0.25, 0.3) is 5.91 Å². The van der Waals surface area contributed by atoms with E-state index in [-0.39, 0.29) is 41.9 Å². The molecular weight excluding hydrogens is 425 g/mol. The van der Waals surface area contributed by atoms with E-state index in [4.69, 9.17) is 9.26 Å². The molecule has 11 nitrogen and oxygen atoms in total. The molecule has 12 heteroatoms. The van der Waals surface area contributed by atoms with Gasteiger partial charge in [0.05, 0.1) is 29.8 Å². The molecule has 1 aromatic heterocycles. The number of hydrogen-bond acceptors (Lipinski definition) is 8. The van der Waals surface area contributed by atoms with Crippen LogP contribution in [0.4, 0.5) is 14.9 Å². The van der Waals surface area contributed by atoms with Crippen LogP contribution >= 0.6 is 0 Å². The molecule has 1 spiro atoms. The van der Waals surface area contributed by atoms with E-state index in [9.17, 15) is 19.2 Å². The number of rotatable bonds is 1. The van der Waals surface area contributed by atoms with Gasteiger partial charge < -0.3 is 19.1 Å². The van der Waals surface area contributed by atoms with E-state index in [0.717, 1.165) is 0 Å². The molecule has 0 unspecified atom stereocenters. The maximum Gasteiger partial charge on any atom is 0.328 e. The highest BCUT2D eigenvalue weighted by Crippen LogP contribution is 2.48. The molecule has 2 N–H and O–H groups in total. The van der Waals surface area contributed by atoms with Crippen molar-refractivity contribution < 1.29 is 32.8 Å². The zero-order valence-electron chi connectivity index (χ0n) is 17.5. The predicted octanol–water partition coefficient (Wildman–Crippen LogP) is 0.171. The first-order chi connectivity index (χ1) is 15.2. The molecule has 1 aromatic carbocycles. The number of fused-ring (bicyclic) bond motifs is 5. The van der Waals surface area contributed by atoms with Crippen molar-refractivity contribution in [3.8, 4) is 0 Å². The molecule has 5 amide bonds. The van der Waals surface area contributed by atoms with Gasteiger partial charge in [0.1, 0.15) is 0 Å². The lowest BCUT2D eigenvalue weighted by Gasteiger charge is -2.54. The first-order valence-corrected chi connectivity index (χ1v) is 10.0. The maximum atomic E-state index is 15.7. The summed E-state index contributed by atoms with van der Waals surface area (Å²) >= 11 is 0. The fraction of sp³-hybridized carbons (Fsp3) is 0.450. The third-order valence-corrected chi connectivity index (χ3v) is 6.39. The molecule has 0 saturated carbocycles. The summed E-state index contributed by atoms with van der Waals surface area (Å²) in [7, 11) is 3.06. The molecule has 2 aromatic rings. The number of imide groups is 2. The van der Waals surface area contributed by atoms with Gasteiger partial charge in [-0.3, -0.25) is 25.0 Å². The number of carbonyl (C=O) groups excluding carboxylic acids is 4. The third kappa shape index (κ3) is 2.52. The lowest BCUT2D eigenvalue weighted by atomic mass is 9.66. The van der Waals surface area contributed by atoms with E-state index in [1.54, 1.807) is 11.8 Å². The number of anilines is 1. The van der Waals surface area contributed by atoms with Gasteiger partial charge in [0.15, 0.2) is 16.9 Å². The van der Waals surface area contributed by atoms with E-state index < -0.39 is 47.1 Å². The summed E-state index contributed by atoms with van der Waals surface area (Å²) in [5, 5.41) is 8.24. The van der Waals surface area contributed by atoms with Crippen LogP contribution in [0.2, 0.25) is 0 Å². The van der Waals surface area contributed by atoms with Crippen molar-refractivity contribution in [1.29, 1.82) is 0 Å². The van der Waals surface area contributed by atoms with Crippen LogP contribution in [0.25, 0.3) is 11.0 Å². The molecule has 32 heavy (non-hydrogen) atoms. The van der Waals surface area contributed by atoms with E-state index >= 15 is 4.39 Å². The van der Waals surface area contributed by atoms with Crippen molar-refractivity contribution >= 4 is 40.4 Å². The molecule has 3 aliphatic heterocycles. The van der Waals surface area contributed by atoms with Gasteiger partial charge in [0.2, 0.25) is 17.4 Å². The number of ether oxygens (including phenoxy) is 1. The Labute approximate surface area is 180 Å². The van der Waals surface area contributed by atoms with E-state index in [1.165, 1.54) is 25.1 Å². The van der Waals surface area contributed by atoms with Crippen molar-refractivity contribution in [2.45, 2.75) is 25.5 Å². The van der Waals surface area contributed by atoms with Crippen molar-refractivity contribution in [1.82, 2.24) is 20.7 Å². The Kier molecular flexibility index (Phi) is 4.28. The first kappa shape index (κ1) is 20.4. The smallest absolute Gasteiger partial charge is 0.328 e. The van der Waals surface area contributed by atoms with Crippen LogP contribution in [-0.4, -0.2) is 73.2 Å². The van der Waals surface area contributed by atoms with Crippen LogP contribution in [0.1, 0.15) is 23.0 Å². The number of nitrogens with zero attached hydrogens (tertiary/aromatic N) is 3. The lowest BCUT2D eigenvalue weighted by molar-refractivity contribution is -0.151. The van der Waals surface area contributed by atoms with Crippen molar-refractivity contribution in [3.05, 3.63) is 23.1 Å². The molecule has 2 atom stereocenters. The minimum atomic E-state index is -1.73. The van der Waals surface area contributed by atoms with Crippen LogP contribution < -0.4 is 15.5 Å². The van der Waals surface area contributed by atoms with Crippen LogP contribution in [0.5, 0.6) is 0 Å². The minimum Gasteiger partial charge on any atom is -0.374 e. The molecule has 2 fully saturated rings. The molecule has 2 saturated heterocycles. The Hall–Kier alpha value is -3.54. The number of aromatic nitrogens is 1. The van der Waals surface area contributed by atoms with E-state index in [0.29, 0.717) is 5.56 Å². The van der Waals surface area contributed by atoms with Gasteiger partial charge in [0, 0.05) is 27.1 Å². The Morgan fingerprint density at radius 2 is 1.97 bits per heavy atom. The van der Waals surface area contributed by atoms with Crippen molar-refractivity contribution in [2.75, 3.05) is 32.1 Å². The average Bonchev–Trinajstić information content (AvgIpc) is 3.15. The average molecular weight is 445 g/mol. The number of amides is 5. The number of barbiturate groups is 1. The van der Waals surface area contributed by atoms with E-state index in [1.807, 2.05) is 0 Å². The molecule has 0 aliphatic carbocycles. The normalized spacial score (nSPS) is 24.1. The number of urea groups is 1. The molecule has 0 radical (unpaired) electrons. The van der Waals surface area contributed by atoms with Gasteiger partial charge in [-0.15, -0.1) is 0 Å². The highest BCUT2D eigenvalue weighted by molar-refractivity contribution is 6.20. The van der Waals surface area contributed by atoms with Crippen molar-refractivity contribution in [2.24, 2.45) is 5.41 Å². The van der Waals surface area contributed by atoms with E-state index in [2.05, 4.69) is 15.8 Å². The second-order valence-electron chi connectivity index (χ2n) is 8.41. The van der Waals surface area contributed by atoms with Crippen molar-refractivity contribution in [3.63, 3.8) is 0 Å². The molecule has 168 valence electrons. The Balaban J connectivity index is 1.76. The standard InChI is InChI=1S/C20H20FN5O6/c1-8-15-20(17(28)22-19(30)23-18(20)29)7-9-6-10-12(16(27)25(2)3)24-32-14(10)11(21)13(9)26(15)4-5-31-8/h6,8,15H,4-5,7H2,1-3H3,(H2,22,23,28,29,30)/t8-,15+/m0/s1. The number of nitrogens with one attached hydrogen (secondary N) is 2. The first-order valence-electron chi connectivity index (χ1n) is 10.0. The van der Waals surface area contributed by atoms with Crippen LogP contribution in [0.3, 0.4) is 0 Å². The quantitative estimate of drug-likeness (QED) is 0.594. The molecule has 0 bridgehead atoms. The number of morpholine rings is 1. The number of halogens is 1. The highest BCUT2D eigenvalue weighted by Gasteiger charge is 2.62. The maximum absolute atomic E-state index is 15.7. The molecular formula is C20H20FN5O6. The lowest BCUT2D eigenvalue weighted by Crippen LogP contribution is -2.74. The van der Waals surface area contributed by atoms with Crippen LogP contribution in [-0.2, 0) is 20.7 Å². The summed E-state index contributed by atoms with van der Waals surface area (Å²) in [6.07, 6.45) is -0.812. The Bertz CT molecular complexity index is 1190. The van der Waals surface area contributed by atoms with Gasteiger partial charge in [-0.2, -0.15) is 0 Å². The predicted molar refractivity (Wildman–Crippen MR) is 106 cm³/mol. The topological polar surface area (TPSA) is 134 Å². The summed E-state index contributed by atoms with van der Waals surface area (Å²) in [6.45, 7) is 2.14. The number of hydrogen-bond donors (Lipinski definition) is 2. The second kappa shape index (κ2) is 6.73. The fourth-order valence-electron chi connectivity index (χ4n) is 5.03. The summed E-state index contributed by atoms with van der Waals surface area (Å²) in [5.74, 6) is -2.77. The fourth-order valence-corrected chi connectivity index (χ4v) is 5.03. The van der Waals surface area contributed by atoms with Gasteiger partial charge in [-0.25, -0.2) is 9.18 Å². The summed E-state index contributed by atoms with van der Waals surface area (Å²) < 4.78 is 26.6. The van der Waals surface area contributed by atoms with Gasteiger partial charge in [-0.1, -0.05) is 5.16 Å². The van der Waals surface area contributed by atoms with Gasteiger partial charge >= 0.3 is 6.03 Å². The largest absolute Gasteiger partial charge is 0.374 e. The molecule has 3 aliphatic rings. The molecule has 5 rings (SSSR count). The van der Waals surface area contributed by atoms with Crippen LogP contribution in [0.15, 0.2) is 10.6 Å². The molecule has 4 heterocycles. The zero-order chi connectivity index (χ0) is 22.9. The highest BCUT2D eigenvalue weighted by atomic mass is 19.1. The second-order valence-corrected chi connectivity index (χ2v) is 8.41. The minimum absolute atomic E-state index is 0.0778. The van der Waals surface area contributed by atoms with Crippen LogP contribution in [0, 0.1) is 11.2 Å². The zero-order valence-corrected chi connectivity index (χ0v) is 17.5. The summed E-state index contributed by atoms with van der Waals surface area (Å²) in [5.41, 5.74) is -1.50. The van der Waals surface area contributed by atoms with Gasteiger partial charge in [-0.05, 0) is 18.6 Å². The summed E-state index contributed by atoms with van der Waals surface area (Å²) in [6, 6.07) is -0.253. The monoisotopic (exact) mass is 445 g/mol. The SMILES string of the molecule is C[C@@H]1OCCN2c3c(cc4c(C(=O)N(C)C)noc4c3F)CC3(C(=O)NC(=O)NC3=O)[C@@H]12. The third-order valence-electron chi connectivity index (χ3n) is 6.39. The number of benzene rings is 1. The number of carbonyl (C=O) groups is 4.